The Morgan fingerprint density at radius 2 is 1.59 bits per heavy atom. The highest BCUT2D eigenvalue weighted by Gasteiger charge is 2.31. The van der Waals surface area contributed by atoms with Crippen molar-refractivity contribution in [2.45, 2.75) is 24.0 Å². The van der Waals surface area contributed by atoms with Gasteiger partial charge in [0, 0.05) is 11.8 Å². The molecule has 0 aromatic heterocycles. The maximum absolute atomic E-state index is 12.3. The quantitative estimate of drug-likeness (QED) is 0.430. The number of hydrogen-bond acceptors (Lipinski definition) is 1. The molecule has 0 saturated heterocycles. The Morgan fingerprint density at radius 3 is 2.00 bits per heavy atom. The first-order chi connectivity index (χ1) is 7.77. The molecule has 17 heavy (non-hydrogen) atoms. The van der Waals surface area contributed by atoms with E-state index in [2.05, 4.69) is 4.99 Å². The minimum absolute atomic E-state index is 0.304. The zero-order valence-corrected chi connectivity index (χ0v) is 10.4. The van der Waals surface area contributed by atoms with Crippen molar-refractivity contribution < 1.29 is 13.2 Å². The molecule has 0 aliphatic carbocycles. The first-order valence-electron chi connectivity index (χ1n) is 4.86. The van der Waals surface area contributed by atoms with Crippen molar-refractivity contribution in [1.29, 1.82) is 0 Å². The summed E-state index contributed by atoms with van der Waals surface area (Å²) in [6.45, 7) is 1.85. The molecule has 0 spiro atoms. The minimum Gasteiger partial charge on any atom is -0.255 e. The van der Waals surface area contributed by atoms with Gasteiger partial charge >= 0.3 is 6.18 Å². The van der Waals surface area contributed by atoms with E-state index in [0.717, 1.165) is 12.1 Å². The third kappa shape index (κ3) is 3.89. The van der Waals surface area contributed by atoms with Crippen LogP contribution in [0, 0.1) is 0 Å². The maximum atomic E-state index is 12.3. The molecular weight excluding hydrogens is 274 g/mol. The Bertz CT molecular complexity index is 396. The van der Waals surface area contributed by atoms with Crippen molar-refractivity contribution in [1.82, 2.24) is 0 Å². The molecule has 0 amide bonds. The zero-order chi connectivity index (χ0) is 13.1. The van der Waals surface area contributed by atoms with E-state index >= 15 is 0 Å². The lowest BCUT2D eigenvalue weighted by Gasteiger charge is -2.15. The maximum Gasteiger partial charge on any atom is 0.416 e. The molecule has 0 aliphatic rings. The number of alkyl halides is 5. The minimum atomic E-state index is -4.37. The summed E-state index contributed by atoms with van der Waals surface area (Å²) in [5.41, 5.74) is -0.441. The number of rotatable bonds is 3. The van der Waals surface area contributed by atoms with Crippen LogP contribution >= 0.6 is 23.2 Å². The summed E-state index contributed by atoms with van der Waals surface area (Å²) in [7, 11) is 0. The molecule has 0 fully saturated rings. The Morgan fingerprint density at radius 1 is 1.12 bits per heavy atom. The van der Waals surface area contributed by atoms with Crippen LogP contribution in [0.4, 0.5) is 13.2 Å². The van der Waals surface area contributed by atoms with Gasteiger partial charge < -0.3 is 0 Å². The molecule has 0 aliphatic heterocycles. The predicted molar refractivity (Wildman–Crippen MR) is 63.6 cm³/mol. The first-order valence-corrected chi connectivity index (χ1v) is 5.62. The molecule has 0 unspecified atom stereocenters. The summed E-state index contributed by atoms with van der Waals surface area (Å²) in [6.07, 6.45) is -2.22. The molecular formula is C11H10Cl2F3N. The molecule has 0 N–H and O–H groups in total. The number of benzene rings is 1. The van der Waals surface area contributed by atoms with E-state index in [4.69, 9.17) is 23.2 Å². The highest BCUT2D eigenvalue weighted by atomic mass is 35.5. The zero-order valence-electron chi connectivity index (χ0n) is 8.93. The van der Waals surface area contributed by atoms with Crippen molar-refractivity contribution in [3.63, 3.8) is 0 Å². The second-order valence-electron chi connectivity index (χ2n) is 3.34. The first kappa shape index (κ1) is 14.3. The summed E-state index contributed by atoms with van der Waals surface area (Å²) in [5.74, 6) is 0. The van der Waals surface area contributed by atoms with Gasteiger partial charge in [-0.05, 0) is 18.6 Å². The van der Waals surface area contributed by atoms with E-state index in [9.17, 15) is 13.2 Å². The summed E-state index contributed by atoms with van der Waals surface area (Å²) in [4.78, 5) is 3.86. The van der Waals surface area contributed by atoms with Crippen LogP contribution < -0.4 is 0 Å². The topological polar surface area (TPSA) is 12.4 Å². The number of aliphatic imine (C=N–C) groups is 1. The summed E-state index contributed by atoms with van der Waals surface area (Å²) in [6, 6.07) is 4.29. The van der Waals surface area contributed by atoms with E-state index in [-0.39, 0.29) is 0 Å². The van der Waals surface area contributed by atoms with Gasteiger partial charge in [0.25, 0.3) is 0 Å². The Balaban J connectivity index is 2.98. The highest BCUT2D eigenvalue weighted by molar-refractivity contribution is 6.48. The summed E-state index contributed by atoms with van der Waals surface area (Å²) >= 11 is 11.8. The van der Waals surface area contributed by atoms with Gasteiger partial charge in [0.05, 0.1) is 5.56 Å². The van der Waals surface area contributed by atoms with Crippen LogP contribution in [-0.2, 0) is 10.6 Å². The Labute approximate surface area is 107 Å². The molecule has 0 heterocycles. The number of hydrogen-bond donors (Lipinski definition) is 0. The summed E-state index contributed by atoms with van der Waals surface area (Å²) in [5, 5.41) is 0. The van der Waals surface area contributed by atoms with Crippen molar-refractivity contribution in [3.05, 3.63) is 35.4 Å². The van der Waals surface area contributed by atoms with Gasteiger partial charge in [-0.1, -0.05) is 42.3 Å². The lowest BCUT2D eigenvalue weighted by atomic mass is 10.1. The summed E-state index contributed by atoms with van der Waals surface area (Å²) < 4.78 is 35.4. The van der Waals surface area contributed by atoms with E-state index in [0.29, 0.717) is 12.0 Å². The van der Waals surface area contributed by atoms with Crippen LogP contribution in [0.2, 0.25) is 0 Å². The van der Waals surface area contributed by atoms with E-state index in [1.165, 1.54) is 18.3 Å². The van der Waals surface area contributed by atoms with Gasteiger partial charge in [-0.15, -0.1) is 0 Å². The second-order valence-corrected chi connectivity index (χ2v) is 4.62. The predicted octanol–water partition coefficient (Wildman–Crippen LogP) is 4.77. The third-order valence-electron chi connectivity index (χ3n) is 2.00. The fourth-order valence-electron chi connectivity index (χ4n) is 1.14. The van der Waals surface area contributed by atoms with E-state index in [1.807, 2.05) is 6.92 Å². The number of halogens is 5. The largest absolute Gasteiger partial charge is 0.416 e. The average molecular weight is 284 g/mol. The normalized spacial score (nSPS) is 13.3. The molecule has 6 heteroatoms. The van der Waals surface area contributed by atoms with Gasteiger partial charge in [0.1, 0.15) is 0 Å². The standard InChI is InChI=1S/C11H10Cl2F3N/c1-2-7-17-10(12,13)8-3-5-9(6-4-8)11(14,15)16/h3-7H,2H2,1H3/b17-7+. The smallest absolute Gasteiger partial charge is 0.255 e. The van der Waals surface area contributed by atoms with Gasteiger partial charge in [0.15, 0.2) is 0 Å². The molecule has 0 atom stereocenters. The molecule has 0 bridgehead atoms. The Hall–Kier alpha value is -0.740. The van der Waals surface area contributed by atoms with Crippen LogP contribution in [0.25, 0.3) is 0 Å². The van der Waals surface area contributed by atoms with Crippen LogP contribution in [0.5, 0.6) is 0 Å². The van der Waals surface area contributed by atoms with Gasteiger partial charge in [-0.25, -0.2) is 0 Å². The number of nitrogens with zero attached hydrogens (tertiary/aromatic N) is 1. The van der Waals surface area contributed by atoms with Crippen LogP contribution in [0.15, 0.2) is 29.3 Å². The van der Waals surface area contributed by atoms with Crippen LogP contribution in [-0.4, -0.2) is 6.21 Å². The van der Waals surface area contributed by atoms with Crippen molar-refractivity contribution >= 4 is 29.4 Å². The lowest BCUT2D eigenvalue weighted by molar-refractivity contribution is -0.137. The fraction of sp³-hybridized carbons (Fsp3) is 0.364. The molecule has 1 nitrogen and oxygen atoms in total. The van der Waals surface area contributed by atoms with Crippen molar-refractivity contribution in [2.75, 3.05) is 0 Å². The Kier molecular flexibility index (Phi) is 4.44. The fourth-order valence-corrected chi connectivity index (χ4v) is 1.53. The average Bonchev–Trinajstić information content (AvgIpc) is 2.25. The SMILES string of the molecule is CC/C=N/C(Cl)(Cl)c1ccc(C(F)(F)F)cc1. The van der Waals surface area contributed by atoms with Gasteiger partial charge in [-0.2, -0.15) is 13.2 Å². The van der Waals surface area contributed by atoms with Crippen LogP contribution in [0.3, 0.4) is 0 Å². The molecule has 0 radical (unpaired) electrons. The molecule has 1 aromatic rings. The molecule has 1 rings (SSSR count). The molecule has 1 aromatic carbocycles. The van der Waals surface area contributed by atoms with E-state index < -0.39 is 16.2 Å². The van der Waals surface area contributed by atoms with Crippen LogP contribution in [0.1, 0.15) is 24.5 Å². The van der Waals surface area contributed by atoms with Crippen molar-refractivity contribution in [3.8, 4) is 0 Å². The molecule has 0 saturated carbocycles. The van der Waals surface area contributed by atoms with Gasteiger partial charge in [0.2, 0.25) is 4.46 Å². The monoisotopic (exact) mass is 283 g/mol. The lowest BCUT2D eigenvalue weighted by Crippen LogP contribution is -2.09. The van der Waals surface area contributed by atoms with E-state index in [1.54, 1.807) is 0 Å². The van der Waals surface area contributed by atoms with Crippen molar-refractivity contribution in [2.24, 2.45) is 4.99 Å². The highest BCUT2D eigenvalue weighted by Crippen LogP contribution is 2.37. The van der Waals surface area contributed by atoms with Gasteiger partial charge in [-0.3, -0.25) is 4.99 Å². The molecule has 94 valence electrons. The second kappa shape index (κ2) is 5.27. The third-order valence-corrected chi connectivity index (χ3v) is 2.63.